The van der Waals surface area contributed by atoms with E-state index in [4.69, 9.17) is 0 Å². The highest BCUT2D eigenvalue weighted by atomic mass is 16.2. The van der Waals surface area contributed by atoms with Crippen LogP contribution in [0.25, 0.3) is 0 Å². The van der Waals surface area contributed by atoms with Crippen molar-refractivity contribution in [2.75, 3.05) is 18.0 Å². The first-order valence-corrected chi connectivity index (χ1v) is 9.85. The van der Waals surface area contributed by atoms with E-state index in [0.717, 1.165) is 25.9 Å². The van der Waals surface area contributed by atoms with Gasteiger partial charge >= 0.3 is 0 Å². The Morgan fingerprint density at radius 3 is 2.07 bits per heavy atom. The number of benzene rings is 2. The fourth-order valence-corrected chi connectivity index (χ4v) is 4.91. The zero-order valence-corrected chi connectivity index (χ0v) is 15.6. The van der Waals surface area contributed by atoms with Gasteiger partial charge in [0, 0.05) is 36.9 Å². The molecule has 0 unspecified atom stereocenters. The molecule has 0 bridgehead atoms. The summed E-state index contributed by atoms with van der Waals surface area (Å²) in [6, 6.07) is 17.4. The normalized spacial score (nSPS) is 21.0. The number of rotatable bonds is 3. The fourth-order valence-electron chi connectivity index (χ4n) is 4.91. The minimum Gasteiger partial charge on any atom is -0.337 e. The highest BCUT2D eigenvalue weighted by Crippen LogP contribution is 2.56. The van der Waals surface area contributed by atoms with Crippen LogP contribution in [0.5, 0.6) is 0 Å². The molecule has 5 rings (SSSR count). The molecule has 3 aliphatic rings. The molecule has 3 amide bonds. The van der Waals surface area contributed by atoms with Gasteiger partial charge in [-0.15, -0.1) is 0 Å². The molecule has 2 heterocycles. The number of nitrogens with zero attached hydrogens (tertiary/aromatic N) is 2. The number of imide groups is 1. The standard InChI is InChI=1S/C23H22N2O3/c26-20-10-11-21(27)25(20)19-8-6-17(7-9-19)22(28)24-14-23(15-24)12-18(13-23)16-4-2-1-3-5-16/h1-9,18H,10-15H2. The van der Waals surface area contributed by atoms with Gasteiger partial charge in [0.05, 0.1) is 5.69 Å². The quantitative estimate of drug-likeness (QED) is 0.774. The van der Waals surface area contributed by atoms with Gasteiger partial charge in [0.2, 0.25) is 11.8 Å². The summed E-state index contributed by atoms with van der Waals surface area (Å²) in [5, 5.41) is 0. The lowest BCUT2D eigenvalue weighted by molar-refractivity contribution is -0.121. The van der Waals surface area contributed by atoms with Crippen LogP contribution in [-0.4, -0.2) is 35.7 Å². The molecule has 1 aliphatic carbocycles. The maximum atomic E-state index is 12.7. The van der Waals surface area contributed by atoms with E-state index in [1.807, 2.05) is 11.0 Å². The fraction of sp³-hybridized carbons (Fsp3) is 0.348. The number of amides is 3. The van der Waals surface area contributed by atoms with Gasteiger partial charge in [-0.25, -0.2) is 0 Å². The summed E-state index contributed by atoms with van der Waals surface area (Å²) in [5.74, 6) is 0.297. The number of likely N-dealkylation sites (tertiary alicyclic amines) is 1. The molecule has 3 fully saturated rings. The Kier molecular flexibility index (Phi) is 3.86. The van der Waals surface area contributed by atoms with E-state index in [2.05, 4.69) is 24.3 Å². The average molecular weight is 374 g/mol. The third-order valence-corrected chi connectivity index (χ3v) is 6.39. The van der Waals surface area contributed by atoms with Crippen LogP contribution in [-0.2, 0) is 9.59 Å². The molecule has 142 valence electrons. The zero-order valence-electron chi connectivity index (χ0n) is 15.6. The van der Waals surface area contributed by atoms with E-state index in [1.54, 1.807) is 24.3 Å². The van der Waals surface area contributed by atoms with Crippen molar-refractivity contribution in [2.24, 2.45) is 5.41 Å². The van der Waals surface area contributed by atoms with E-state index in [0.29, 0.717) is 22.6 Å². The third kappa shape index (κ3) is 2.73. The zero-order chi connectivity index (χ0) is 19.3. The summed E-state index contributed by atoms with van der Waals surface area (Å²) in [4.78, 5) is 39.5. The molecular weight excluding hydrogens is 352 g/mol. The minimum absolute atomic E-state index is 0.0272. The molecule has 2 aromatic carbocycles. The van der Waals surface area contributed by atoms with Gasteiger partial charge in [-0.1, -0.05) is 30.3 Å². The second kappa shape index (κ2) is 6.30. The maximum Gasteiger partial charge on any atom is 0.253 e. The van der Waals surface area contributed by atoms with Gasteiger partial charge < -0.3 is 4.90 Å². The first kappa shape index (κ1) is 17.2. The first-order valence-electron chi connectivity index (χ1n) is 9.85. The van der Waals surface area contributed by atoms with Gasteiger partial charge in [0.25, 0.3) is 5.91 Å². The number of hydrogen-bond acceptors (Lipinski definition) is 3. The van der Waals surface area contributed by atoms with Crippen molar-refractivity contribution in [1.82, 2.24) is 4.90 Å². The Labute approximate surface area is 163 Å². The first-order chi connectivity index (χ1) is 13.5. The van der Waals surface area contributed by atoms with E-state index in [-0.39, 0.29) is 30.6 Å². The molecule has 0 N–H and O–H groups in total. The highest BCUT2D eigenvalue weighted by molar-refractivity contribution is 6.19. The summed E-state index contributed by atoms with van der Waals surface area (Å²) in [5.41, 5.74) is 2.86. The van der Waals surface area contributed by atoms with Crippen LogP contribution < -0.4 is 4.90 Å². The van der Waals surface area contributed by atoms with Gasteiger partial charge in [-0.3, -0.25) is 19.3 Å². The second-order valence-electron chi connectivity index (χ2n) is 8.35. The van der Waals surface area contributed by atoms with Crippen molar-refractivity contribution >= 4 is 23.4 Å². The molecule has 28 heavy (non-hydrogen) atoms. The van der Waals surface area contributed by atoms with Crippen molar-refractivity contribution in [1.29, 1.82) is 0 Å². The van der Waals surface area contributed by atoms with Crippen LogP contribution in [0.15, 0.2) is 54.6 Å². The lowest BCUT2D eigenvalue weighted by Crippen LogP contribution is -2.63. The predicted octanol–water partition coefficient (Wildman–Crippen LogP) is 3.36. The molecule has 2 aromatic rings. The van der Waals surface area contributed by atoms with E-state index in [9.17, 15) is 14.4 Å². The number of anilines is 1. The molecule has 2 saturated heterocycles. The molecule has 1 saturated carbocycles. The summed E-state index contributed by atoms with van der Waals surface area (Å²) < 4.78 is 0. The molecule has 5 nitrogen and oxygen atoms in total. The van der Waals surface area contributed by atoms with Crippen LogP contribution in [0.4, 0.5) is 5.69 Å². The molecule has 1 spiro atoms. The van der Waals surface area contributed by atoms with Crippen LogP contribution in [0.3, 0.4) is 0 Å². The van der Waals surface area contributed by atoms with Crippen LogP contribution in [0.1, 0.15) is 47.5 Å². The summed E-state index contributed by atoms with van der Waals surface area (Å²) >= 11 is 0. The Morgan fingerprint density at radius 1 is 0.857 bits per heavy atom. The smallest absolute Gasteiger partial charge is 0.253 e. The van der Waals surface area contributed by atoms with Crippen molar-refractivity contribution in [3.63, 3.8) is 0 Å². The Morgan fingerprint density at radius 2 is 1.46 bits per heavy atom. The summed E-state index contributed by atoms with van der Waals surface area (Å²) in [7, 11) is 0. The maximum absolute atomic E-state index is 12.7. The molecule has 0 atom stereocenters. The summed E-state index contributed by atoms with van der Waals surface area (Å²) in [6.07, 6.45) is 2.83. The number of carbonyl (C=O) groups excluding carboxylic acids is 3. The van der Waals surface area contributed by atoms with Crippen LogP contribution in [0.2, 0.25) is 0 Å². The third-order valence-electron chi connectivity index (χ3n) is 6.39. The SMILES string of the molecule is O=C(c1ccc(N2C(=O)CCC2=O)cc1)N1CC2(CC(c3ccccc3)C2)C1. The van der Waals surface area contributed by atoms with Crippen LogP contribution >= 0.6 is 0 Å². The predicted molar refractivity (Wildman–Crippen MR) is 105 cm³/mol. The number of carbonyl (C=O) groups is 3. The van der Waals surface area contributed by atoms with Crippen molar-refractivity contribution in [2.45, 2.75) is 31.6 Å². The van der Waals surface area contributed by atoms with Crippen molar-refractivity contribution < 1.29 is 14.4 Å². The van der Waals surface area contributed by atoms with E-state index in [1.165, 1.54) is 10.5 Å². The molecule has 0 aromatic heterocycles. The van der Waals surface area contributed by atoms with E-state index < -0.39 is 0 Å². The summed E-state index contributed by atoms with van der Waals surface area (Å²) in [6.45, 7) is 1.64. The molecule has 2 aliphatic heterocycles. The Bertz CT molecular complexity index is 922. The average Bonchev–Trinajstić information content (AvgIpc) is 2.99. The lowest BCUT2D eigenvalue weighted by atomic mass is 9.56. The van der Waals surface area contributed by atoms with Gasteiger partial charge in [0.1, 0.15) is 0 Å². The monoisotopic (exact) mass is 374 g/mol. The van der Waals surface area contributed by atoms with Gasteiger partial charge in [-0.05, 0) is 48.6 Å². The lowest BCUT2D eigenvalue weighted by Gasteiger charge is -2.59. The minimum atomic E-state index is -0.174. The van der Waals surface area contributed by atoms with Gasteiger partial charge in [0.15, 0.2) is 0 Å². The van der Waals surface area contributed by atoms with Crippen molar-refractivity contribution in [3.05, 3.63) is 65.7 Å². The highest BCUT2D eigenvalue weighted by Gasteiger charge is 2.53. The second-order valence-corrected chi connectivity index (χ2v) is 8.35. The topological polar surface area (TPSA) is 57.7 Å². The molecule has 0 radical (unpaired) electrons. The Balaban J connectivity index is 1.20. The van der Waals surface area contributed by atoms with Crippen molar-refractivity contribution in [3.8, 4) is 0 Å². The largest absolute Gasteiger partial charge is 0.337 e. The molecular formula is C23H22N2O3. The van der Waals surface area contributed by atoms with E-state index >= 15 is 0 Å². The van der Waals surface area contributed by atoms with Crippen LogP contribution in [0, 0.1) is 5.41 Å². The van der Waals surface area contributed by atoms with Gasteiger partial charge in [-0.2, -0.15) is 0 Å². The molecule has 5 heteroatoms. The number of hydrogen-bond donors (Lipinski definition) is 0. The Hall–Kier alpha value is -2.95.